The predicted octanol–water partition coefficient (Wildman–Crippen LogP) is 1.53. The minimum absolute atomic E-state index is 0.0233. The Bertz CT molecular complexity index is 932. The number of hydrogen-bond donors (Lipinski definition) is 3. The Kier molecular flexibility index (Phi) is 4.71. The summed E-state index contributed by atoms with van der Waals surface area (Å²) in [7, 11) is 0. The number of H-pyrrole nitrogens is 1. The molecule has 0 aliphatic heterocycles. The molecule has 4 rings (SSSR count). The second-order valence-corrected chi connectivity index (χ2v) is 7.62. The van der Waals surface area contributed by atoms with Crippen LogP contribution < -0.4 is 5.32 Å². The molecule has 2 aliphatic rings. The average molecular weight is 387 g/mol. The Labute approximate surface area is 160 Å². The van der Waals surface area contributed by atoms with E-state index in [-0.39, 0.29) is 35.9 Å². The van der Waals surface area contributed by atoms with E-state index in [1.807, 2.05) is 4.90 Å². The number of amides is 1. The summed E-state index contributed by atoms with van der Waals surface area (Å²) < 4.78 is 0. The van der Waals surface area contributed by atoms with Gasteiger partial charge in [-0.1, -0.05) is 0 Å². The van der Waals surface area contributed by atoms with Crippen molar-refractivity contribution in [3.05, 3.63) is 34.0 Å². The van der Waals surface area contributed by atoms with Gasteiger partial charge in [0.15, 0.2) is 5.69 Å². The maximum absolute atomic E-state index is 12.6. The van der Waals surface area contributed by atoms with Gasteiger partial charge in [-0.05, 0) is 37.7 Å². The highest BCUT2D eigenvalue weighted by atomic mass is 16.6. The molecule has 0 saturated heterocycles. The lowest BCUT2D eigenvalue weighted by Crippen LogP contribution is -2.55. The van der Waals surface area contributed by atoms with Crippen LogP contribution >= 0.6 is 0 Å². The van der Waals surface area contributed by atoms with E-state index in [0.717, 1.165) is 19.4 Å². The number of benzene rings is 1. The number of aliphatic carboxylic acids is 1. The van der Waals surface area contributed by atoms with Gasteiger partial charge in [-0.15, -0.1) is 0 Å². The third-order valence-corrected chi connectivity index (χ3v) is 5.47. The molecule has 10 nitrogen and oxygen atoms in total. The first-order chi connectivity index (χ1) is 13.4. The van der Waals surface area contributed by atoms with Crippen molar-refractivity contribution < 1.29 is 19.6 Å². The number of nitrogens with zero attached hydrogens (tertiary/aromatic N) is 3. The third-order valence-electron chi connectivity index (χ3n) is 5.47. The van der Waals surface area contributed by atoms with E-state index >= 15 is 0 Å². The zero-order valence-electron chi connectivity index (χ0n) is 15.1. The number of carbonyl (C=O) groups is 2. The van der Waals surface area contributed by atoms with Crippen molar-refractivity contribution in [1.29, 1.82) is 0 Å². The van der Waals surface area contributed by atoms with E-state index < -0.39 is 10.9 Å². The second kappa shape index (κ2) is 7.19. The van der Waals surface area contributed by atoms with Crippen molar-refractivity contribution in [2.45, 2.75) is 37.8 Å². The molecule has 2 saturated carbocycles. The lowest BCUT2D eigenvalue weighted by Gasteiger charge is -2.42. The van der Waals surface area contributed by atoms with Crippen LogP contribution in [0.5, 0.6) is 0 Å². The molecule has 0 spiro atoms. The third kappa shape index (κ3) is 3.81. The summed E-state index contributed by atoms with van der Waals surface area (Å²) in [5.74, 6) is -0.626. The summed E-state index contributed by atoms with van der Waals surface area (Å²) in [5.41, 5.74) is 0.581. The highest BCUT2D eigenvalue weighted by Crippen LogP contribution is 2.34. The van der Waals surface area contributed by atoms with E-state index in [1.54, 1.807) is 0 Å². The molecule has 0 bridgehead atoms. The number of nitro groups is 1. The Morgan fingerprint density at radius 1 is 1.36 bits per heavy atom. The van der Waals surface area contributed by atoms with Crippen LogP contribution in [-0.4, -0.2) is 62.2 Å². The number of fused-ring (bicyclic) bond motifs is 1. The number of rotatable bonds is 8. The van der Waals surface area contributed by atoms with Gasteiger partial charge in [0, 0.05) is 36.1 Å². The lowest BCUT2D eigenvalue weighted by atomic mass is 9.85. The summed E-state index contributed by atoms with van der Waals surface area (Å²) in [4.78, 5) is 36.1. The van der Waals surface area contributed by atoms with Gasteiger partial charge in [0.2, 0.25) is 0 Å². The number of aromatic nitrogens is 2. The molecule has 3 N–H and O–H groups in total. The fourth-order valence-corrected chi connectivity index (χ4v) is 3.69. The minimum Gasteiger partial charge on any atom is -0.480 e. The molecule has 0 unspecified atom stereocenters. The first-order valence-electron chi connectivity index (χ1n) is 9.30. The van der Waals surface area contributed by atoms with Gasteiger partial charge in [-0.3, -0.25) is 29.7 Å². The molecule has 0 atom stereocenters. The van der Waals surface area contributed by atoms with Crippen molar-refractivity contribution >= 4 is 28.5 Å². The summed E-state index contributed by atoms with van der Waals surface area (Å²) in [6, 6.07) is 4.31. The number of non-ortho nitro benzene ring substituents is 1. The zero-order chi connectivity index (χ0) is 19.8. The number of nitro benzene ring substituents is 1. The number of nitrogens with one attached hydrogen (secondary N) is 2. The maximum atomic E-state index is 12.6. The van der Waals surface area contributed by atoms with E-state index in [9.17, 15) is 19.7 Å². The Hall–Kier alpha value is -3.01. The first-order valence-corrected chi connectivity index (χ1v) is 9.30. The molecule has 2 aromatic rings. The fraction of sp³-hybridized carbons (Fsp3) is 0.500. The molecule has 28 heavy (non-hydrogen) atoms. The van der Waals surface area contributed by atoms with Gasteiger partial charge < -0.3 is 10.4 Å². The van der Waals surface area contributed by atoms with Crippen LogP contribution in [0.25, 0.3) is 10.9 Å². The van der Waals surface area contributed by atoms with Crippen molar-refractivity contribution in [3.63, 3.8) is 0 Å². The quantitative estimate of drug-likeness (QED) is 0.460. The number of carboxylic acids is 1. The molecule has 2 aliphatic carbocycles. The van der Waals surface area contributed by atoms with Gasteiger partial charge in [0.25, 0.3) is 11.6 Å². The summed E-state index contributed by atoms with van der Waals surface area (Å²) in [6.45, 7) is 0.820. The van der Waals surface area contributed by atoms with Gasteiger partial charge in [-0.2, -0.15) is 5.10 Å². The van der Waals surface area contributed by atoms with Crippen LogP contribution in [0.4, 0.5) is 5.69 Å². The van der Waals surface area contributed by atoms with Gasteiger partial charge in [0.1, 0.15) is 0 Å². The minimum atomic E-state index is -0.835. The van der Waals surface area contributed by atoms with E-state index in [4.69, 9.17) is 5.11 Å². The normalized spacial score (nSPS) is 21.5. The predicted molar refractivity (Wildman–Crippen MR) is 99.0 cm³/mol. The number of carboxylic acid groups (broad SMARTS) is 1. The van der Waals surface area contributed by atoms with E-state index in [0.29, 0.717) is 29.7 Å². The van der Waals surface area contributed by atoms with Gasteiger partial charge >= 0.3 is 5.97 Å². The van der Waals surface area contributed by atoms with Crippen LogP contribution in [0.3, 0.4) is 0 Å². The van der Waals surface area contributed by atoms with Crippen molar-refractivity contribution in [2.75, 3.05) is 13.1 Å². The molecular formula is C18H21N5O5. The highest BCUT2D eigenvalue weighted by Gasteiger charge is 2.38. The molecule has 1 aromatic heterocycles. The highest BCUT2D eigenvalue weighted by molar-refractivity contribution is 6.05. The summed E-state index contributed by atoms with van der Waals surface area (Å²) in [5, 5.41) is 30.1. The van der Waals surface area contributed by atoms with Crippen LogP contribution in [0.1, 0.15) is 36.2 Å². The number of hydrogen-bond acceptors (Lipinski definition) is 6. The smallest absolute Gasteiger partial charge is 0.317 e. The molecule has 1 aromatic carbocycles. The largest absolute Gasteiger partial charge is 0.480 e. The van der Waals surface area contributed by atoms with Crippen LogP contribution in [0.2, 0.25) is 0 Å². The molecule has 1 amide bonds. The van der Waals surface area contributed by atoms with Crippen LogP contribution in [-0.2, 0) is 4.79 Å². The zero-order valence-corrected chi connectivity index (χ0v) is 15.1. The van der Waals surface area contributed by atoms with Crippen molar-refractivity contribution in [3.8, 4) is 0 Å². The van der Waals surface area contributed by atoms with Crippen LogP contribution in [0, 0.1) is 16.0 Å². The van der Waals surface area contributed by atoms with E-state index in [1.165, 1.54) is 18.2 Å². The van der Waals surface area contributed by atoms with Gasteiger partial charge in [-0.25, -0.2) is 0 Å². The number of aromatic amines is 1. The Balaban J connectivity index is 1.38. The number of carbonyl (C=O) groups excluding carboxylic acids is 1. The lowest BCUT2D eigenvalue weighted by molar-refractivity contribution is -0.384. The summed E-state index contributed by atoms with van der Waals surface area (Å²) in [6.07, 6.45) is 3.69. The van der Waals surface area contributed by atoms with Crippen molar-refractivity contribution in [2.24, 2.45) is 5.92 Å². The van der Waals surface area contributed by atoms with Gasteiger partial charge in [0.05, 0.1) is 17.0 Å². The first kappa shape index (κ1) is 18.4. The monoisotopic (exact) mass is 387 g/mol. The topological polar surface area (TPSA) is 141 Å². The molecule has 2 fully saturated rings. The fourth-order valence-electron chi connectivity index (χ4n) is 3.69. The van der Waals surface area contributed by atoms with Crippen molar-refractivity contribution in [1.82, 2.24) is 20.4 Å². The molecule has 148 valence electrons. The van der Waals surface area contributed by atoms with E-state index in [2.05, 4.69) is 15.5 Å². The summed E-state index contributed by atoms with van der Waals surface area (Å²) >= 11 is 0. The SMILES string of the molecule is O=C(O)CN(CC1CC1)C1CC(NC(=O)c2n[nH]c3ccc([N+](=O)[O-])cc23)C1. The molecule has 1 heterocycles. The maximum Gasteiger partial charge on any atom is 0.317 e. The standard InChI is InChI=1S/C18H21N5O5/c24-16(25)9-22(8-10-1-2-10)13-5-11(6-13)19-18(26)17-14-7-12(23(27)28)3-4-15(14)20-21-17/h3-4,7,10-11,13H,1-2,5-6,8-9H2,(H,19,26)(H,20,21)(H,24,25). The average Bonchev–Trinajstić information content (AvgIpc) is 3.31. The molecule has 10 heteroatoms. The second-order valence-electron chi connectivity index (χ2n) is 7.62. The Morgan fingerprint density at radius 2 is 2.11 bits per heavy atom. The molecule has 0 radical (unpaired) electrons. The molecular weight excluding hydrogens is 366 g/mol. The Morgan fingerprint density at radius 3 is 2.75 bits per heavy atom. The van der Waals surface area contributed by atoms with Crippen LogP contribution in [0.15, 0.2) is 18.2 Å².